The minimum atomic E-state index is -0.408. The van der Waals surface area contributed by atoms with Crippen LogP contribution in [-0.2, 0) is 13.6 Å². The smallest absolute Gasteiger partial charge is 0.276 e. The lowest BCUT2D eigenvalue weighted by Gasteiger charge is -2.06. The molecule has 0 aliphatic rings. The fraction of sp³-hybridized carbons (Fsp3) is 0.130. The summed E-state index contributed by atoms with van der Waals surface area (Å²) in [6.45, 7) is 2.65. The highest BCUT2D eigenvalue weighted by Crippen LogP contribution is 2.18. The van der Waals surface area contributed by atoms with Crippen molar-refractivity contribution in [1.29, 1.82) is 0 Å². The van der Waals surface area contributed by atoms with Crippen LogP contribution < -0.4 is 10.6 Å². The Bertz CT molecular complexity index is 1290. The SMILES string of the molecule is Cc1ccccc1Cn1cc(NC(=O)c2cc(NC(=O)c3ccccc3Cl)n(C)n2)cn1. The Morgan fingerprint density at radius 2 is 1.78 bits per heavy atom. The van der Waals surface area contributed by atoms with Crippen LogP contribution in [0.1, 0.15) is 32.0 Å². The van der Waals surface area contributed by atoms with Crippen LogP contribution in [-0.4, -0.2) is 31.4 Å². The normalized spacial score (nSPS) is 10.7. The number of nitrogens with zero attached hydrogens (tertiary/aromatic N) is 4. The van der Waals surface area contributed by atoms with Crippen molar-refractivity contribution in [3.8, 4) is 0 Å². The Hall–Kier alpha value is -3.91. The van der Waals surface area contributed by atoms with Gasteiger partial charge in [-0.1, -0.05) is 48.0 Å². The number of aryl methyl sites for hydroxylation is 2. The molecule has 4 rings (SSSR count). The standard InChI is InChI=1S/C23H21ClN6O2/c1-15-7-3-4-8-16(15)13-30-14-17(12-25-30)26-23(32)20-11-21(29(2)28-20)27-22(31)18-9-5-6-10-19(18)24/h3-12,14H,13H2,1-2H3,(H,26,32)(H,27,31). The predicted octanol–water partition coefficient (Wildman–Crippen LogP) is 4.13. The molecular formula is C23H21ClN6O2. The van der Waals surface area contributed by atoms with Crippen molar-refractivity contribution in [1.82, 2.24) is 19.6 Å². The van der Waals surface area contributed by atoms with E-state index < -0.39 is 5.91 Å². The molecule has 2 amide bonds. The summed E-state index contributed by atoms with van der Waals surface area (Å²) in [7, 11) is 1.64. The van der Waals surface area contributed by atoms with Crippen molar-refractivity contribution in [3.63, 3.8) is 0 Å². The first-order chi connectivity index (χ1) is 15.4. The molecular weight excluding hydrogens is 428 g/mol. The molecule has 4 aromatic rings. The Labute approximate surface area is 189 Å². The number of benzene rings is 2. The number of carbonyl (C=O) groups is 2. The van der Waals surface area contributed by atoms with Crippen LogP contribution >= 0.6 is 11.6 Å². The lowest BCUT2D eigenvalue weighted by Crippen LogP contribution is -2.14. The van der Waals surface area contributed by atoms with Gasteiger partial charge in [0.1, 0.15) is 5.82 Å². The number of amides is 2. The van der Waals surface area contributed by atoms with Crippen LogP contribution in [0.25, 0.3) is 0 Å². The summed E-state index contributed by atoms with van der Waals surface area (Å²) in [4.78, 5) is 25.1. The average Bonchev–Trinajstić information content (AvgIpc) is 3.36. The molecule has 0 fully saturated rings. The van der Waals surface area contributed by atoms with Crippen molar-refractivity contribution in [2.75, 3.05) is 10.6 Å². The number of hydrogen-bond donors (Lipinski definition) is 2. The quantitative estimate of drug-likeness (QED) is 0.463. The zero-order chi connectivity index (χ0) is 22.7. The van der Waals surface area contributed by atoms with E-state index in [0.717, 1.165) is 5.56 Å². The van der Waals surface area contributed by atoms with Gasteiger partial charge in [0.05, 0.1) is 29.0 Å². The highest BCUT2D eigenvalue weighted by atomic mass is 35.5. The second kappa shape index (κ2) is 9.07. The van der Waals surface area contributed by atoms with Crippen LogP contribution in [0.15, 0.2) is 67.0 Å². The fourth-order valence-corrected chi connectivity index (χ4v) is 3.42. The van der Waals surface area contributed by atoms with Crippen LogP contribution in [0.5, 0.6) is 0 Å². The van der Waals surface area contributed by atoms with Crippen molar-refractivity contribution in [2.24, 2.45) is 7.05 Å². The Morgan fingerprint density at radius 1 is 1.03 bits per heavy atom. The second-order valence-corrected chi connectivity index (χ2v) is 7.69. The molecule has 32 heavy (non-hydrogen) atoms. The van der Waals surface area contributed by atoms with E-state index in [1.54, 1.807) is 48.4 Å². The number of halogens is 1. The van der Waals surface area contributed by atoms with Crippen molar-refractivity contribution >= 4 is 34.9 Å². The molecule has 0 aliphatic carbocycles. The van der Waals surface area contributed by atoms with Gasteiger partial charge in [0, 0.05) is 19.3 Å². The topological polar surface area (TPSA) is 93.8 Å². The summed E-state index contributed by atoms with van der Waals surface area (Å²) in [5.74, 6) is -0.423. The molecule has 0 saturated carbocycles. The molecule has 2 aromatic heterocycles. The Kier molecular flexibility index (Phi) is 6.04. The van der Waals surface area contributed by atoms with E-state index in [2.05, 4.69) is 20.8 Å². The summed E-state index contributed by atoms with van der Waals surface area (Å²) in [5.41, 5.74) is 3.37. The van der Waals surface area contributed by atoms with Crippen LogP contribution in [0.3, 0.4) is 0 Å². The third kappa shape index (κ3) is 4.70. The van der Waals surface area contributed by atoms with Gasteiger partial charge >= 0.3 is 0 Å². The van der Waals surface area contributed by atoms with Gasteiger partial charge in [-0.15, -0.1) is 0 Å². The van der Waals surface area contributed by atoms with E-state index in [1.165, 1.54) is 16.3 Å². The molecule has 0 spiro atoms. The van der Waals surface area contributed by atoms with Gasteiger partial charge in [0.15, 0.2) is 5.69 Å². The molecule has 162 valence electrons. The first kappa shape index (κ1) is 21.3. The summed E-state index contributed by atoms with van der Waals surface area (Å²) < 4.78 is 3.18. The van der Waals surface area contributed by atoms with Crippen molar-refractivity contribution < 1.29 is 9.59 Å². The van der Waals surface area contributed by atoms with Crippen LogP contribution in [0.4, 0.5) is 11.5 Å². The first-order valence-electron chi connectivity index (χ1n) is 9.89. The predicted molar refractivity (Wildman–Crippen MR) is 123 cm³/mol. The number of aromatic nitrogens is 4. The van der Waals surface area contributed by atoms with Gasteiger partial charge in [-0.2, -0.15) is 10.2 Å². The van der Waals surface area contributed by atoms with E-state index in [9.17, 15) is 9.59 Å². The fourth-order valence-electron chi connectivity index (χ4n) is 3.20. The lowest BCUT2D eigenvalue weighted by atomic mass is 10.1. The van der Waals surface area contributed by atoms with Crippen LogP contribution in [0.2, 0.25) is 5.02 Å². The third-order valence-corrected chi connectivity index (χ3v) is 5.29. The maximum absolute atomic E-state index is 12.7. The second-order valence-electron chi connectivity index (χ2n) is 7.28. The van der Waals surface area contributed by atoms with Gasteiger partial charge in [-0.25, -0.2) is 0 Å². The van der Waals surface area contributed by atoms with Gasteiger partial charge < -0.3 is 10.6 Å². The summed E-state index contributed by atoms with van der Waals surface area (Å²) in [6.07, 6.45) is 3.34. The summed E-state index contributed by atoms with van der Waals surface area (Å²) in [6, 6.07) is 16.3. The van der Waals surface area contributed by atoms with E-state index in [1.807, 2.05) is 31.2 Å². The largest absolute Gasteiger partial charge is 0.318 e. The molecule has 0 atom stereocenters. The molecule has 0 radical (unpaired) electrons. The minimum Gasteiger partial charge on any atom is -0.318 e. The zero-order valence-electron chi connectivity index (χ0n) is 17.5. The number of anilines is 2. The Balaban J connectivity index is 1.42. The van der Waals surface area contributed by atoms with Gasteiger partial charge in [-0.05, 0) is 30.2 Å². The van der Waals surface area contributed by atoms with E-state index in [0.29, 0.717) is 28.6 Å². The Morgan fingerprint density at radius 3 is 2.56 bits per heavy atom. The number of nitrogens with one attached hydrogen (secondary N) is 2. The van der Waals surface area contributed by atoms with Gasteiger partial charge in [-0.3, -0.25) is 19.0 Å². The molecule has 0 unspecified atom stereocenters. The number of rotatable bonds is 6. The highest BCUT2D eigenvalue weighted by molar-refractivity contribution is 6.34. The molecule has 9 heteroatoms. The number of hydrogen-bond acceptors (Lipinski definition) is 4. The third-order valence-electron chi connectivity index (χ3n) is 4.96. The highest BCUT2D eigenvalue weighted by Gasteiger charge is 2.17. The average molecular weight is 449 g/mol. The maximum Gasteiger partial charge on any atom is 0.276 e. The molecule has 0 saturated heterocycles. The minimum absolute atomic E-state index is 0.161. The first-order valence-corrected chi connectivity index (χ1v) is 10.3. The maximum atomic E-state index is 12.7. The molecule has 2 aromatic carbocycles. The lowest BCUT2D eigenvalue weighted by molar-refractivity contribution is 0.101. The van der Waals surface area contributed by atoms with Crippen molar-refractivity contribution in [3.05, 3.63) is 94.4 Å². The molecule has 0 bridgehead atoms. The van der Waals surface area contributed by atoms with E-state index in [4.69, 9.17) is 11.6 Å². The van der Waals surface area contributed by atoms with Gasteiger partial charge in [0.2, 0.25) is 0 Å². The molecule has 2 N–H and O–H groups in total. The molecule has 0 aliphatic heterocycles. The molecule has 8 nitrogen and oxygen atoms in total. The van der Waals surface area contributed by atoms with Gasteiger partial charge in [0.25, 0.3) is 11.8 Å². The summed E-state index contributed by atoms with van der Waals surface area (Å²) in [5, 5.41) is 14.3. The zero-order valence-corrected chi connectivity index (χ0v) is 18.3. The molecule has 2 heterocycles. The monoisotopic (exact) mass is 448 g/mol. The van der Waals surface area contributed by atoms with E-state index >= 15 is 0 Å². The van der Waals surface area contributed by atoms with E-state index in [-0.39, 0.29) is 11.6 Å². The van der Waals surface area contributed by atoms with Crippen molar-refractivity contribution in [2.45, 2.75) is 13.5 Å². The van der Waals surface area contributed by atoms with Crippen LogP contribution in [0, 0.1) is 6.92 Å². The number of carbonyl (C=O) groups excluding carboxylic acids is 2. The summed E-state index contributed by atoms with van der Waals surface area (Å²) >= 11 is 6.08.